The number of fused-ring (bicyclic) bond motifs is 2. The fourth-order valence-corrected chi connectivity index (χ4v) is 9.38. The summed E-state index contributed by atoms with van der Waals surface area (Å²) in [7, 11) is 0. The van der Waals surface area contributed by atoms with Gasteiger partial charge in [0.2, 0.25) is 11.8 Å². The van der Waals surface area contributed by atoms with E-state index >= 15 is 4.39 Å². The van der Waals surface area contributed by atoms with Crippen molar-refractivity contribution in [2.24, 2.45) is 11.7 Å². The third kappa shape index (κ3) is 8.44. The van der Waals surface area contributed by atoms with Gasteiger partial charge in [-0.25, -0.2) is 8.78 Å². The van der Waals surface area contributed by atoms with Crippen molar-refractivity contribution in [3.05, 3.63) is 113 Å². The Morgan fingerprint density at radius 1 is 0.790 bits per heavy atom. The summed E-state index contributed by atoms with van der Waals surface area (Å²) in [4.78, 5) is 62.9. The number of carbonyl (C=O) groups is 4. The lowest BCUT2D eigenvalue weighted by molar-refractivity contribution is -0.136. The van der Waals surface area contributed by atoms with Crippen LogP contribution in [0, 0.1) is 17.6 Å². The van der Waals surface area contributed by atoms with E-state index in [9.17, 15) is 23.6 Å². The zero-order valence-electron chi connectivity index (χ0n) is 34.5. The van der Waals surface area contributed by atoms with E-state index in [1.165, 1.54) is 30.0 Å². The van der Waals surface area contributed by atoms with E-state index in [1.54, 1.807) is 24.3 Å². The van der Waals surface area contributed by atoms with E-state index in [1.807, 2.05) is 12.3 Å². The number of pyridine rings is 1. The Morgan fingerprint density at radius 2 is 1.58 bits per heavy atom. The molecular formula is C47H50F2N8O5. The quantitative estimate of drug-likeness (QED) is 0.149. The largest absolute Gasteiger partial charge is 0.487 e. The number of anilines is 1. The zero-order valence-corrected chi connectivity index (χ0v) is 34.5. The highest BCUT2D eigenvalue weighted by Gasteiger charge is 2.45. The van der Waals surface area contributed by atoms with E-state index in [4.69, 9.17) is 10.5 Å². The smallest absolute Gasteiger partial charge is 0.262 e. The first kappa shape index (κ1) is 41.3. The fraction of sp³-hybridized carbons (Fsp3) is 0.383. The molecule has 3 N–H and O–H groups in total. The first-order chi connectivity index (χ1) is 30.1. The van der Waals surface area contributed by atoms with Gasteiger partial charge in [0.05, 0.1) is 11.1 Å². The molecule has 0 aliphatic carbocycles. The number of benzene rings is 3. The second-order valence-corrected chi connectivity index (χ2v) is 16.8. The zero-order chi connectivity index (χ0) is 42.9. The topological polar surface area (TPSA) is 146 Å². The number of hydrogen-bond acceptors (Lipinski definition) is 10. The molecule has 322 valence electrons. The van der Waals surface area contributed by atoms with Crippen LogP contribution in [0.2, 0.25) is 0 Å². The number of halogens is 2. The van der Waals surface area contributed by atoms with Gasteiger partial charge in [-0.05, 0) is 111 Å². The molecule has 1 atom stereocenters. The van der Waals surface area contributed by atoms with Gasteiger partial charge in [0.1, 0.15) is 35.7 Å². The van der Waals surface area contributed by atoms with Gasteiger partial charge in [-0.1, -0.05) is 6.07 Å². The first-order valence-electron chi connectivity index (χ1n) is 21.5. The molecule has 62 heavy (non-hydrogen) atoms. The molecule has 1 unspecified atom stereocenters. The summed E-state index contributed by atoms with van der Waals surface area (Å²) in [5.41, 5.74) is 11.0. The molecule has 13 nitrogen and oxygen atoms in total. The Balaban J connectivity index is 0.790. The van der Waals surface area contributed by atoms with Gasteiger partial charge in [0.15, 0.2) is 0 Å². The van der Waals surface area contributed by atoms with Crippen LogP contribution in [-0.4, -0.2) is 106 Å². The summed E-state index contributed by atoms with van der Waals surface area (Å²) >= 11 is 0. The van der Waals surface area contributed by atoms with Gasteiger partial charge in [-0.2, -0.15) is 0 Å². The van der Waals surface area contributed by atoms with Crippen molar-refractivity contribution in [3.63, 3.8) is 0 Å². The number of piperazine rings is 1. The number of ether oxygens (including phenoxy) is 1. The van der Waals surface area contributed by atoms with Gasteiger partial charge in [-0.15, -0.1) is 0 Å². The van der Waals surface area contributed by atoms with Gasteiger partial charge < -0.3 is 19.9 Å². The monoisotopic (exact) mass is 844 g/mol. The van der Waals surface area contributed by atoms with Gasteiger partial charge >= 0.3 is 0 Å². The molecule has 4 aliphatic heterocycles. The van der Waals surface area contributed by atoms with Crippen molar-refractivity contribution in [2.45, 2.75) is 57.8 Å². The summed E-state index contributed by atoms with van der Waals surface area (Å²) in [5, 5.41) is 3.22. The van der Waals surface area contributed by atoms with Crippen LogP contribution < -0.4 is 20.7 Å². The Hall–Kier alpha value is -6.03. The number of hydrogen-bond donors (Lipinski definition) is 2. The van der Waals surface area contributed by atoms with Gasteiger partial charge in [0.25, 0.3) is 11.8 Å². The molecule has 2 aromatic heterocycles. The third-order valence-corrected chi connectivity index (χ3v) is 12.8. The van der Waals surface area contributed by atoms with E-state index in [-0.39, 0.29) is 30.7 Å². The molecule has 3 saturated heterocycles. The summed E-state index contributed by atoms with van der Waals surface area (Å²) < 4.78 is 37.7. The van der Waals surface area contributed by atoms with Gasteiger partial charge in [0, 0.05) is 98.4 Å². The molecule has 3 aromatic carbocycles. The maximum atomic E-state index is 15.8. The van der Waals surface area contributed by atoms with Crippen molar-refractivity contribution < 1.29 is 32.7 Å². The molecule has 15 heteroatoms. The molecule has 3 fully saturated rings. The Labute approximate surface area is 358 Å². The van der Waals surface area contributed by atoms with Crippen LogP contribution >= 0.6 is 0 Å². The highest BCUT2D eigenvalue weighted by molar-refractivity contribution is 6.23. The number of rotatable bonds is 13. The molecule has 4 aliphatic rings. The minimum Gasteiger partial charge on any atom is -0.487 e. The van der Waals surface area contributed by atoms with Crippen LogP contribution in [0.25, 0.3) is 22.0 Å². The van der Waals surface area contributed by atoms with Crippen LogP contribution in [0.1, 0.15) is 64.1 Å². The van der Waals surface area contributed by atoms with Crippen molar-refractivity contribution in [2.75, 3.05) is 57.3 Å². The minimum absolute atomic E-state index is 0.0862. The molecule has 0 saturated carbocycles. The number of nitrogens with one attached hydrogen (secondary N) is 1. The van der Waals surface area contributed by atoms with E-state index in [0.717, 1.165) is 105 Å². The van der Waals surface area contributed by atoms with Gasteiger partial charge in [-0.3, -0.25) is 44.2 Å². The predicted octanol–water partition coefficient (Wildman–Crippen LogP) is 5.34. The van der Waals surface area contributed by atoms with Crippen LogP contribution in [0.5, 0.6) is 5.75 Å². The number of nitrogens with zero attached hydrogens (tertiary/aromatic N) is 6. The lowest BCUT2D eigenvalue weighted by Gasteiger charge is -2.39. The van der Waals surface area contributed by atoms with Crippen LogP contribution in [0.4, 0.5) is 14.5 Å². The molecular weight excluding hydrogens is 795 g/mol. The van der Waals surface area contributed by atoms with Crippen molar-refractivity contribution in [1.82, 2.24) is 29.6 Å². The first-order valence-corrected chi connectivity index (χ1v) is 21.5. The Bertz CT molecular complexity index is 2530. The number of carbonyl (C=O) groups excluding carboxylic acids is 4. The van der Waals surface area contributed by atoms with E-state index < -0.39 is 41.3 Å². The molecule has 9 rings (SSSR count). The predicted molar refractivity (Wildman–Crippen MR) is 229 cm³/mol. The van der Waals surface area contributed by atoms with Crippen molar-refractivity contribution in [3.8, 4) is 16.9 Å². The average Bonchev–Trinajstić information content (AvgIpc) is 3.75. The highest BCUT2D eigenvalue weighted by atomic mass is 19.1. The average molecular weight is 845 g/mol. The van der Waals surface area contributed by atoms with Crippen LogP contribution in [0.15, 0.2) is 79.1 Å². The maximum absolute atomic E-state index is 15.8. The van der Waals surface area contributed by atoms with Crippen LogP contribution in [-0.2, 0) is 29.3 Å². The molecule has 0 spiro atoms. The molecule has 4 amide bonds. The standard InChI is InChI=1S/C47H50F2N8O5/c48-39-3-1-15-51-41(39)29-62-33-6-8-34(40(49)25-33)38-28-56(16-2-14-50)42-9-4-31(23-36(38)42)27-53-17-12-30(13-18-53)26-54-19-21-55(22-20-54)32-5-7-35-37(24-32)47(61)57(46(35)60)43-10-11-44(58)52-45(43)59/h1,3-9,15,23-25,28,30,43H,2,10-14,16-22,26-27,29,50H2,(H,52,58,59). The number of aromatic nitrogens is 2. The van der Waals surface area contributed by atoms with E-state index in [0.29, 0.717) is 29.3 Å². The highest BCUT2D eigenvalue weighted by Crippen LogP contribution is 2.36. The number of amides is 4. The summed E-state index contributed by atoms with van der Waals surface area (Å²) in [6.45, 7) is 8.34. The number of piperidine rings is 2. The van der Waals surface area contributed by atoms with Crippen molar-refractivity contribution in [1.29, 1.82) is 0 Å². The summed E-state index contributed by atoms with van der Waals surface area (Å²) in [5.74, 6) is -2.00. The van der Waals surface area contributed by atoms with E-state index in [2.05, 4.69) is 47.8 Å². The SMILES string of the molecule is NCCCn1cc(-c2ccc(OCc3ncccc3F)cc2F)c2cc(CN3CCC(CN4CCN(c5ccc6c(c5)C(=O)N(C5CCC(=O)NC5=O)C6=O)CC4)CC3)ccc21. The second kappa shape index (κ2) is 17.8. The number of likely N-dealkylation sites (tertiary alicyclic amines) is 1. The molecule has 0 radical (unpaired) electrons. The third-order valence-electron chi connectivity index (χ3n) is 12.8. The molecule has 6 heterocycles. The normalized spacial score (nSPS) is 19.1. The molecule has 5 aromatic rings. The van der Waals surface area contributed by atoms with Crippen LogP contribution in [0.3, 0.4) is 0 Å². The second-order valence-electron chi connectivity index (χ2n) is 16.8. The number of imide groups is 2. The Kier molecular flexibility index (Phi) is 11.8. The lowest BCUT2D eigenvalue weighted by Crippen LogP contribution is -2.54. The number of nitrogens with two attached hydrogens (primary N) is 1. The maximum Gasteiger partial charge on any atom is 0.262 e. The lowest BCUT2D eigenvalue weighted by atomic mass is 9.95. The molecule has 0 bridgehead atoms. The Morgan fingerprint density at radius 3 is 2.34 bits per heavy atom. The minimum atomic E-state index is -0.980. The summed E-state index contributed by atoms with van der Waals surface area (Å²) in [6, 6.07) is 18.4. The fourth-order valence-electron chi connectivity index (χ4n) is 9.38. The number of aryl methyl sites for hydroxylation is 1. The summed E-state index contributed by atoms with van der Waals surface area (Å²) in [6.07, 6.45) is 6.71. The van der Waals surface area contributed by atoms with Crippen molar-refractivity contribution >= 4 is 40.2 Å².